The van der Waals surface area contributed by atoms with E-state index in [1.54, 1.807) is 12.1 Å². The molecule has 0 unspecified atom stereocenters. The predicted molar refractivity (Wildman–Crippen MR) is 97.7 cm³/mol. The van der Waals surface area contributed by atoms with Gasteiger partial charge in [-0.2, -0.15) is 0 Å². The van der Waals surface area contributed by atoms with Crippen LogP contribution >= 0.6 is 35.6 Å². The topological polar surface area (TPSA) is 3.24 Å². The molecule has 2 aromatic rings. The van der Waals surface area contributed by atoms with Gasteiger partial charge in [0.05, 0.1) is 10.0 Å². The zero-order valence-electron chi connectivity index (χ0n) is 17.7. The quantitative estimate of drug-likeness (QED) is 0.638. The van der Waals surface area contributed by atoms with Crippen molar-refractivity contribution in [2.75, 3.05) is 14.0 Å². The van der Waals surface area contributed by atoms with Gasteiger partial charge < -0.3 is 4.90 Å². The number of rotatable bonds is 2. The molecule has 1 aliphatic carbocycles. The summed E-state index contributed by atoms with van der Waals surface area (Å²) in [6.45, 7) is -5.45. The smallest absolute Gasteiger partial charge is 0.0595 e. The van der Waals surface area contributed by atoms with Gasteiger partial charge in [0.2, 0.25) is 0 Å². The first-order valence-corrected chi connectivity index (χ1v) is 7.59. The van der Waals surface area contributed by atoms with Crippen molar-refractivity contribution >= 4 is 35.6 Å². The first-order chi connectivity index (χ1) is 12.5. The first-order valence-electron chi connectivity index (χ1n) is 9.83. The number of hydrogen-bond donors (Lipinski definition) is 0. The highest BCUT2D eigenvalue weighted by atomic mass is 35.5. The molecule has 1 aliphatic rings. The van der Waals surface area contributed by atoms with Crippen LogP contribution in [0, 0.1) is 0 Å². The van der Waals surface area contributed by atoms with E-state index < -0.39 is 20.0 Å². The maximum Gasteiger partial charge on any atom is 0.0595 e. The van der Waals surface area contributed by atoms with E-state index in [1.807, 2.05) is 30.3 Å². The molecular formula is C18H20Cl3N. The SMILES string of the molecule is Cl.[2H]C([2H])([2H])N([C@@H]1CC[C@@H](c2ccc(Cl)c(Cl)c2)c2ccccc21)C([2H])([2H])[2H]. The van der Waals surface area contributed by atoms with Gasteiger partial charge in [-0.3, -0.25) is 0 Å². The lowest BCUT2D eigenvalue weighted by atomic mass is 9.76. The minimum absolute atomic E-state index is 0. The van der Waals surface area contributed by atoms with Crippen LogP contribution in [0.4, 0.5) is 0 Å². The predicted octanol–water partition coefficient (Wildman–Crippen LogP) is 5.94. The molecule has 0 saturated carbocycles. The monoisotopic (exact) mass is 361 g/mol. The van der Waals surface area contributed by atoms with Crippen molar-refractivity contribution in [3.8, 4) is 0 Å². The molecule has 0 bridgehead atoms. The lowest BCUT2D eigenvalue weighted by molar-refractivity contribution is 0.263. The zero-order chi connectivity index (χ0) is 20.0. The lowest BCUT2D eigenvalue weighted by Crippen LogP contribution is -2.26. The van der Waals surface area contributed by atoms with E-state index in [1.165, 1.54) is 0 Å². The van der Waals surface area contributed by atoms with Crippen LogP contribution in [-0.4, -0.2) is 18.9 Å². The molecular weight excluding hydrogens is 337 g/mol. The van der Waals surface area contributed by atoms with Gasteiger partial charge in [0.1, 0.15) is 0 Å². The fourth-order valence-electron chi connectivity index (χ4n) is 3.11. The van der Waals surface area contributed by atoms with Crippen LogP contribution < -0.4 is 0 Å². The normalized spacial score (nSPS) is 25.6. The van der Waals surface area contributed by atoms with Crippen LogP contribution in [0.1, 0.15) is 49.7 Å². The van der Waals surface area contributed by atoms with E-state index in [0.29, 0.717) is 27.8 Å². The second kappa shape index (κ2) is 7.23. The third kappa shape index (κ3) is 3.28. The minimum Gasteiger partial charge on any atom is -0.302 e. The zero-order valence-corrected chi connectivity index (χ0v) is 14.1. The Labute approximate surface area is 157 Å². The Morgan fingerprint density at radius 3 is 2.41 bits per heavy atom. The van der Waals surface area contributed by atoms with E-state index >= 15 is 0 Å². The third-order valence-electron chi connectivity index (χ3n) is 4.12. The summed E-state index contributed by atoms with van der Waals surface area (Å²) in [5, 5.41) is 0.929. The third-order valence-corrected chi connectivity index (χ3v) is 4.86. The van der Waals surface area contributed by atoms with Gasteiger partial charge in [0.25, 0.3) is 0 Å². The number of halogens is 3. The van der Waals surface area contributed by atoms with Crippen molar-refractivity contribution in [1.29, 1.82) is 0 Å². The summed E-state index contributed by atoms with van der Waals surface area (Å²) in [5.41, 5.74) is 2.63. The summed E-state index contributed by atoms with van der Waals surface area (Å²) in [6.07, 6.45) is 1.03. The number of fused-ring (bicyclic) bond motifs is 1. The second-order valence-electron chi connectivity index (χ2n) is 5.32. The fraction of sp³-hybridized carbons (Fsp3) is 0.333. The molecule has 0 radical (unpaired) electrons. The lowest BCUT2D eigenvalue weighted by Gasteiger charge is -2.35. The van der Waals surface area contributed by atoms with E-state index in [9.17, 15) is 0 Å². The van der Waals surface area contributed by atoms with E-state index in [2.05, 4.69) is 0 Å². The van der Waals surface area contributed by atoms with E-state index in [-0.39, 0.29) is 18.3 Å². The Kier molecular flexibility index (Phi) is 3.59. The number of nitrogens with zero attached hydrogens (tertiary/aromatic N) is 1. The van der Waals surface area contributed by atoms with Crippen LogP contribution in [-0.2, 0) is 0 Å². The minimum atomic E-state index is -2.72. The Morgan fingerprint density at radius 2 is 1.73 bits per heavy atom. The standard InChI is InChI=1S/C18H19Cl2N.ClH/c1-21(2)18-10-8-13(14-5-3-4-6-15(14)18)12-7-9-16(19)17(20)11-12;/h3-7,9,11,13,18H,8,10H2,1-2H3;1H/t13-,18+;/m0./s1/i1D3,2D3;. The van der Waals surface area contributed by atoms with Crippen molar-refractivity contribution < 1.29 is 8.22 Å². The summed E-state index contributed by atoms with van der Waals surface area (Å²) in [6, 6.07) is 12.2. The number of benzene rings is 2. The highest BCUT2D eigenvalue weighted by Gasteiger charge is 2.29. The average molecular weight is 363 g/mol. The van der Waals surface area contributed by atoms with Gasteiger partial charge in [0, 0.05) is 20.2 Å². The van der Waals surface area contributed by atoms with Gasteiger partial charge in [-0.15, -0.1) is 12.4 Å². The largest absolute Gasteiger partial charge is 0.302 e. The molecule has 0 spiro atoms. The van der Waals surface area contributed by atoms with E-state index in [0.717, 1.165) is 16.7 Å². The molecule has 2 aromatic carbocycles. The molecule has 0 fully saturated rings. The van der Waals surface area contributed by atoms with Crippen LogP contribution in [0.5, 0.6) is 0 Å². The highest BCUT2D eigenvalue weighted by molar-refractivity contribution is 6.42. The Bertz CT molecular complexity index is 823. The molecule has 3 rings (SSSR count). The summed E-state index contributed by atoms with van der Waals surface area (Å²) in [4.78, 5) is 0.684. The molecule has 0 aromatic heterocycles. The molecule has 0 heterocycles. The number of hydrogen-bond acceptors (Lipinski definition) is 1. The molecule has 118 valence electrons. The van der Waals surface area contributed by atoms with Crippen molar-refractivity contribution in [2.45, 2.75) is 24.8 Å². The van der Waals surface area contributed by atoms with Gasteiger partial charge in [0.15, 0.2) is 0 Å². The molecule has 0 aliphatic heterocycles. The van der Waals surface area contributed by atoms with Crippen LogP contribution in [0.3, 0.4) is 0 Å². The molecule has 1 nitrogen and oxygen atoms in total. The van der Waals surface area contributed by atoms with Crippen molar-refractivity contribution in [3.63, 3.8) is 0 Å². The molecule has 0 N–H and O–H groups in total. The van der Waals surface area contributed by atoms with Gasteiger partial charge in [-0.25, -0.2) is 0 Å². The van der Waals surface area contributed by atoms with Crippen molar-refractivity contribution in [3.05, 3.63) is 69.2 Å². The van der Waals surface area contributed by atoms with Gasteiger partial charge in [-0.1, -0.05) is 53.5 Å². The van der Waals surface area contributed by atoms with Crippen molar-refractivity contribution in [2.24, 2.45) is 0 Å². The maximum absolute atomic E-state index is 7.76. The Hall–Kier alpha value is -0.730. The Balaban J connectivity index is 0.00000280. The summed E-state index contributed by atoms with van der Waals surface area (Å²) in [5.74, 6) is 0.00210. The van der Waals surface area contributed by atoms with Crippen LogP contribution in [0.25, 0.3) is 0 Å². The van der Waals surface area contributed by atoms with Gasteiger partial charge >= 0.3 is 0 Å². The molecule has 4 heteroatoms. The molecule has 0 saturated heterocycles. The van der Waals surface area contributed by atoms with Crippen LogP contribution in [0.15, 0.2) is 42.5 Å². The van der Waals surface area contributed by atoms with Gasteiger partial charge in [-0.05, 0) is 55.6 Å². The average Bonchev–Trinajstić information content (AvgIpc) is 2.55. The fourth-order valence-corrected chi connectivity index (χ4v) is 3.42. The Morgan fingerprint density at radius 1 is 1.00 bits per heavy atom. The highest BCUT2D eigenvalue weighted by Crippen LogP contribution is 2.43. The van der Waals surface area contributed by atoms with E-state index in [4.69, 9.17) is 31.4 Å². The molecule has 2 atom stereocenters. The molecule has 0 amide bonds. The van der Waals surface area contributed by atoms with Crippen molar-refractivity contribution in [1.82, 2.24) is 4.90 Å². The second-order valence-corrected chi connectivity index (χ2v) is 6.13. The maximum atomic E-state index is 7.76. The molecule has 22 heavy (non-hydrogen) atoms. The summed E-state index contributed by atoms with van der Waals surface area (Å²) in [7, 11) is 0. The summed E-state index contributed by atoms with van der Waals surface area (Å²) < 4.78 is 46.5. The summed E-state index contributed by atoms with van der Waals surface area (Å²) >= 11 is 12.2. The van der Waals surface area contributed by atoms with Crippen LogP contribution in [0.2, 0.25) is 10.0 Å². The first kappa shape index (κ1) is 10.9.